The number of aryl methyl sites for hydroxylation is 1. The van der Waals surface area contributed by atoms with Gasteiger partial charge in [0.05, 0.1) is 12.7 Å². The zero-order chi connectivity index (χ0) is 17.6. The molecular formula is C19H19N3O3. The zero-order valence-corrected chi connectivity index (χ0v) is 14.2. The second-order valence-electron chi connectivity index (χ2n) is 5.59. The van der Waals surface area contributed by atoms with Crippen molar-refractivity contribution in [2.45, 2.75) is 13.3 Å². The highest BCUT2D eigenvalue weighted by Gasteiger charge is 2.12. The summed E-state index contributed by atoms with van der Waals surface area (Å²) in [7, 11) is 1.54. The van der Waals surface area contributed by atoms with Crippen LogP contribution < -0.4 is 10.1 Å². The third-order valence-electron chi connectivity index (χ3n) is 3.72. The van der Waals surface area contributed by atoms with E-state index in [9.17, 15) is 4.79 Å². The van der Waals surface area contributed by atoms with Gasteiger partial charge in [0, 0.05) is 18.5 Å². The first-order valence-corrected chi connectivity index (χ1v) is 7.98. The number of aromatic nitrogens is 2. The molecular weight excluding hydrogens is 318 g/mol. The largest absolute Gasteiger partial charge is 0.496 e. The summed E-state index contributed by atoms with van der Waals surface area (Å²) in [6.07, 6.45) is 0.458. The van der Waals surface area contributed by atoms with Crippen LogP contribution in [0, 0.1) is 6.92 Å². The minimum Gasteiger partial charge on any atom is -0.496 e. The molecule has 0 saturated carbocycles. The summed E-state index contributed by atoms with van der Waals surface area (Å²) in [4.78, 5) is 16.6. The number of nitrogens with one attached hydrogen (secondary N) is 1. The Bertz CT molecular complexity index is 874. The van der Waals surface area contributed by atoms with Crippen molar-refractivity contribution in [1.29, 1.82) is 0 Å². The molecule has 0 aliphatic heterocycles. The monoisotopic (exact) mass is 337 g/mol. The third kappa shape index (κ3) is 4.03. The van der Waals surface area contributed by atoms with Gasteiger partial charge in [-0.15, -0.1) is 0 Å². The molecule has 128 valence electrons. The van der Waals surface area contributed by atoms with Gasteiger partial charge < -0.3 is 14.6 Å². The minimum atomic E-state index is -0.198. The van der Waals surface area contributed by atoms with Crippen LogP contribution in [0.1, 0.15) is 21.8 Å². The first-order chi connectivity index (χ1) is 12.2. The maximum atomic E-state index is 12.2. The summed E-state index contributed by atoms with van der Waals surface area (Å²) in [6.45, 7) is 2.41. The van der Waals surface area contributed by atoms with E-state index in [0.717, 1.165) is 11.1 Å². The van der Waals surface area contributed by atoms with E-state index >= 15 is 0 Å². The molecule has 0 radical (unpaired) electrons. The number of nitrogens with zero attached hydrogens (tertiary/aromatic N) is 2. The van der Waals surface area contributed by atoms with Crippen LogP contribution >= 0.6 is 0 Å². The van der Waals surface area contributed by atoms with Gasteiger partial charge >= 0.3 is 0 Å². The van der Waals surface area contributed by atoms with Gasteiger partial charge in [0.15, 0.2) is 0 Å². The van der Waals surface area contributed by atoms with Crippen molar-refractivity contribution in [2.24, 2.45) is 0 Å². The SMILES string of the molecule is COc1ccccc1C(=O)NCCc1nc(-c2cccc(C)c2)no1. The number of hydrogen-bond acceptors (Lipinski definition) is 5. The molecule has 1 aromatic heterocycles. The van der Waals surface area contributed by atoms with Crippen molar-refractivity contribution in [3.8, 4) is 17.1 Å². The van der Waals surface area contributed by atoms with Gasteiger partial charge in [0.2, 0.25) is 11.7 Å². The number of benzene rings is 2. The zero-order valence-electron chi connectivity index (χ0n) is 14.2. The average molecular weight is 337 g/mol. The molecule has 3 rings (SSSR count). The Hall–Kier alpha value is -3.15. The summed E-state index contributed by atoms with van der Waals surface area (Å²) < 4.78 is 10.4. The molecule has 0 aliphatic carbocycles. The molecule has 0 aliphatic rings. The normalized spacial score (nSPS) is 10.5. The number of amides is 1. The second-order valence-corrected chi connectivity index (χ2v) is 5.59. The van der Waals surface area contributed by atoms with Crippen molar-refractivity contribution in [2.75, 3.05) is 13.7 Å². The summed E-state index contributed by atoms with van der Waals surface area (Å²) in [5.41, 5.74) is 2.54. The molecule has 3 aromatic rings. The van der Waals surface area contributed by atoms with Crippen LogP contribution in [0.5, 0.6) is 5.75 Å². The van der Waals surface area contributed by atoms with Gasteiger partial charge in [-0.25, -0.2) is 0 Å². The standard InChI is InChI=1S/C19H19N3O3/c1-13-6-5-7-14(12-13)18-21-17(25-22-18)10-11-20-19(23)15-8-3-4-9-16(15)24-2/h3-9,12H,10-11H2,1-2H3,(H,20,23). The maximum Gasteiger partial charge on any atom is 0.255 e. The van der Waals surface area contributed by atoms with E-state index in [4.69, 9.17) is 9.26 Å². The highest BCUT2D eigenvalue weighted by atomic mass is 16.5. The van der Waals surface area contributed by atoms with Gasteiger partial charge in [-0.2, -0.15) is 4.98 Å². The Kier molecular flexibility index (Phi) is 5.09. The fourth-order valence-corrected chi connectivity index (χ4v) is 2.47. The second kappa shape index (κ2) is 7.61. The molecule has 0 saturated heterocycles. The number of hydrogen-bond donors (Lipinski definition) is 1. The number of carbonyl (C=O) groups excluding carboxylic acids is 1. The van der Waals surface area contributed by atoms with E-state index in [1.807, 2.05) is 37.3 Å². The lowest BCUT2D eigenvalue weighted by molar-refractivity contribution is 0.0950. The third-order valence-corrected chi connectivity index (χ3v) is 3.72. The summed E-state index contributed by atoms with van der Waals surface area (Å²) >= 11 is 0. The molecule has 1 heterocycles. The Balaban J connectivity index is 1.59. The van der Waals surface area contributed by atoms with E-state index in [1.165, 1.54) is 7.11 Å². The lowest BCUT2D eigenvalue weighted by Gasteiger charge is -2.08. The lowest BCUT2D eigenvalue weighted by atomic mass is 10.1. The van der Waals surface area contributed by atoms with Crippen molar-refractivity contribution in [3.05, 3.63) is 65.5 Å². The number of carbonyl (C=O) groups is 1. The summed E-state index contributed by atoms with van der Waals surface area (Å²) in [5, 5.41) is 6.83. The van der Waals surface area contributed by atoms with Crippen molar-refractivity contribution in [1.82, 2.24) is 15.5 Å². The molecule has 6 heteroatoms. The topological polar surface area (TPSA) is 77.2 Å². The van der Waals surface area contributed by atoms with Crippen molar-refractivity contribution >= 4 is 5.91 Å². The van der Waals surface area contributed by atoms with Crippen LogP contribution in [0.4, 0.5) is 0 Å². The summed E-state index contributed by atoms with van der Waals surface area (Å²) in [6, 6.07) is 15.0. The number of methoxy groups -OCH3 is 1. The van der Waals surface area contributed by atoms with E-state index in [1.54, 1.807) is 18.2 Å². The first-order valence-electron chi connectivity index (χ1n) is 7.98. The van der Waals surface area contributed by atoms with Crippen molar-refractivity contribution in [3.63, 3.8) is 0 Å². The summed E-state index contributed by atoms with van der Waals surface area (Å²) in [5.74, 6) is 1.38. The van der Waals surface area contributed by atoms with Gasteiger partial charge in [0.1, 0.15) is 5.75 Å². The van der Waals surface area contributed by atoms with E-state index in [2.05, 4.69) is 15.5 Å². The smallest absolute Gasteiger partial charge is 0.255 e. The predicted molar refractivity (Wildman–Crippen MR) is 93.5 cm³/mol. The van der Waals surface area contributed by atoms with E-state index in [-0.39, 0.29) is 5.91 Å². The molecule has 0 fully saturated rings. The molecule has 0 spiro atoms. The molecule has 1 amide bonds. The number of ether oxygens (including phenoxy) is 1. The van der Waals surface area contributed by atoms with Crippen LogP contribution in [0.25, 0.3) is 11.4 Å². The Morgan fingerprint density at radius 1 is 1.20 bits per heavy atom. The maximum absolute atomic E-state index is 12.2. The van der Waals surface area contributed by atoms with Crippen LogP contribution in [0.3, 0.4) is 0 Å². The van der Waals surface area contributed by atoms with Crippen LogP contribution in [0.15, 0.2) is 53.1 Å². The Labute approximate surface area is 145 Å². The molecule has 25 heavy (non-hydrogen) atoms. The lowest BCUT2D eigenvalue weighted by Crippen LogP contribution is -2.26. The first kappa shape index (κ1) is 16.7. The van der Waals surface area contributed by atoms with E-state index in [0.29, 0.717) is 36.0 Å². The minimum absolute atomic E-state index is 0.198. The average Bonchev–Trinajstić information content (AvgIpc) is 3.10. The van der Waals surface area contributed by atoms with Gasteiger partial charge in [0.25, 0.3) is 5.91 Å². The number of para-hydroxylation sites is 1. The van der Waals surface area contributed by atoms with E-state index < -0.39 is 0 Å². The molecule has 0 bridgehead atoms. The van der Waals surface area contributed by atoms with Crippen molar-refractivity contribution < 1.29 is 14.1 Å². The van der Waals surface area contributed by atoms with Gasteiger partial charge in [-0.05, 0) is 25.1 Å². The highest BCUT2D eigenvalue weighted by Crippen LogP contribution is 2.18. The number of rotatable bonds is 6. The van der Waals surface area contributed by atoms with Gasteiger partial charge in [-0.1, -0.05) is 41.1 Å². The molecule has 6 nitrogen and oxygen atoms in total. The predicted octanol–water partition coefficient (Wildman–Crippen LogP) is 3.03. The van der Waals surface area contributed by atoms with Crippen LogP contribution in [-0.4, -0.2) is 29.7 Å². The molecule has 2 aromatic carbocycles. The van der Waals surface area contributed by atoms with Gasteiger partial charge in [-0.3, -0.25) is 4.79 Å². The highest BCUT2D eigenvalue weighted by molar-refractivity contribution is 5.96. The fraction of sp³-hybridized carbons (Fsp3) is 0.211. The Morgan fingerprint density at radius 2 is 2.04 bits per heavy atom. The molecule has 0 unspecified atom stereocenters. The quantitative estimate of drug-likeness (QED) is 0.748. The molecule has 1 N–H and O–H groups in total. The van der Waals surface area contributed by atoms with Crippen LogP contribution in [-0.2, 0) is 6.42 Å². The molecule has 0 atom stereocenters. The fourth-order valence-electron chi connectivity index (χ4n) is 2.47. The Morgan fingerprint density at radius 3 is 2.84 bits per heavy atom. The van der Waals surface area contributed by atoms with Crippen LogP contribution in [0.2, 0.25) is 0 Å².